The molecule has 22 heavy (non-hydrogen) atoms. The minimum absolute atomic E-state index is 0.0342. The zero-order valence-corrected chi connectivity index (χ0v) is 13.3. The highest BCUT2D eigenvalue weighted by molar-refractivity contribution is 9.10. The summed E-state index contributed by atoms with van der Waals surface area (Å²) in [5.74, 6) is -3.21. The molecule has 0 fully saturated rings. The lowest BCUT2D eigenvalue weighted by atomic mass is 10.2. The molecule has 0 spiro atoms. The zero-order valence-electron chi connectivity index (χ0n) is 11.0. The second kappa shape index (κ2) is 5.94. The van der Waals surface area contributed by atoms with Gasteiger partial charge in [0.25, 0.3) is 0 Å². The van der Waals surface area contributed by atoms with E-state index in [0.29, 0.717) is 0 Å². The smallest absolute Gasteiger partial charge is 0.357 e. The Kier molecular flexibility index (Phi) is 4.39. The third-order valence-corrected chi connectivity index (χ3v) is 3.89. The number of carbonyl (C=O) groups excluding carboxylic acids is 1. The molecule has 9 heteroatoms. The maximum atomic E-state index is 13.8. The Balaban J connectivity index is 2.88. The number of nitrogen functional groups attached to an aromatic ring is 1. The van der Waals surface area contributed by atoms with Gasteiger partial charge in [-0.05, 0) is 22.0 Å². The quantitative estimate of drug-likeness (QED) is 0.484. The number of benzene rings is 1. The maximum absolute atomic E-state index is 13.8. The number of ether oxygens (including phenoxy) is 1. The first-order valence-corrected chi connectivity index (χ1v) is 6.83. The summed E-state index contributed by atoms with van der Waals surface area (Å²) in [6.45, 7) is 0. The van der Waals surface area contributed by atoms with E-state index in [0.717, 1.165) is 17.7 Å². The summed E-state index contributed by atoms with van der Waals surface area (Å²) in [5.41, 5.74) is 5.25. The van der Waals surface area contributed by atoms with Crippen LogP contribution >= 0.6 is 27.5 Å². The molecule has 2 N–H and O–H groups in total. The van der Waals surface area contributed by atoms with E-state index in [4.69, 9.17) is 22.6 Å². The second-order valence-corrected chi connectivity index (χ2v) is 5.30. The number of nitriles is 1. The number of esters is 1. The Labute approximate surface area is 137 Å². The lowest BCUT2D eigenvalue weighted by Crippen LogP contribution is -2.12. The number of halogens is 4. The number of aromatic nitrogens is 1. The number of nitrogens with two attached hydrogens (primary N) is 1. The number of rotatable bonds is 2. The first-order chi connectivity index (χ1) is 10.3. The van der Waals surface area contributed by atoms with Crippen molar-refractivity contribution in [2.45, 2.75) is 0 Å². The van der Waals surface area contributed by atoms with Gasteiger partial charge in [0.1, 0.15) is 6.07 Å². The third kappa shape index (κ3) is 2.42. The predicted octanol–water partition coefficient (Wildman–Crippen LogP) is 3.41. The molecule has 114 valence electrons. The first kappa shape index (κ1) is 16.3. The van der Waals surface area contributed by atoms with Crippen LogP contribution in [0, 0.1) is 23.0 Å². The Morgan fingerprint density at radius 3 is 2.73 bits per heavy atom. The Morgan fingerprint density at radius 2 is 2.18 bits per heavy atom. The average molecular weight is 391 g/mol. The van der Waals surface area contributed by atoms with Crippen LogP contribution < -0.4 is 5.73 Å². The van der Waals surface area contributed by atoms with Crippen LogP contribution in [0.5, 0.6) is 0 Å². The van der Waals surface area contributed by atoms with Crippen LogP contribution in [0.4, 0.5) is 14.5 Å². The van der Waals surface area contributed by atoms with Crippen molar-refractivity contribution in [1.82, 2.24) is 4.57 Å². The van der Waals surface area contributed by atoms with Gasteiger partial charge in [0.15, 0.2) is 17.3 Å². The molecule has 0 radical (unpaired) electrons. The van der Waals surface area contributed by atoms with Gasteiger partial charge in [-0.3, -0.25) is 0 Å². The Morgan fingerprint density at radius 1 is 1.55 bits per heavy atom. The van der Waals surface area contributed by atoms with Crippen LogP contribution in [0.2, 0.25) is 5.02 Å². The molecular formula is C13H7BrClF2N3O2. The molecule has 0 aliphatic heterocycles. The van der Waals surface area contributed by atoms with Crippen molar-refractivity contribution in [2.75, 3.05) is 12.8 Å². The number of methoxy groups -OCH3 is 1. The molecule has 1 aromatic heterocycles. The molecule has 2 rings (SSSR count). The average Bonchev–Trinajstić information content (AvgIpc) is 2.80. The largest absolute Gasteiger partial charge is 0.464 e. The molecule has 0 aliphatic carbocycles. The minimum Gasteiger partial charge on any atom is -0.464 e. The fraction of sp³-hybridized carbons (Fsp3) is 0.0769. The van der Waals surface area contributed by atoms with E-state index in [1.165, 1.54) is 6.20 Å². The van der Waals surface area contributed by atoms with E-state index >= 15 is 0 Å². The zero-order chi connectivity index (χ0) is 16.6. The fourth-order valence-corrected chi connectivity index (χ4v) is 2.86. The van der Waals surface area contributed by atoms with Crippen LogP contribution in [-0.2, 0) is 4.74 Å². The van der Waals surface area contributed by atoms with Crippen molar-refractivity contribution in [2.24, 2.45) is 0 Å². The molecule has 0 aliphatic rings. The van der Waals surface area contributed by atoms with E-state index in [1.54, 1.807) is 6.07 Å². The summed E-state index contributed by atoms with van der Waals surface area (Å²) in [6, 6.07) is 2.54. The van der Waals surface area contributed by atoms with Crippen molar-refractivity contribution < 1.29 is 18.3 Å². The van der Waals surface area contributed by atoms with Gasteiger partial charge < -0.3 is 15.0 Å². The number of carbonyl (C=O) groups is 1. The van der Waals surface area contributed by atoms with Gasteiger partial charge in [0.2, 0.25) is 0 Å². The maximum Gasteiger partial charge on any atom is 0.357 e. The highest BCUT2D eigenvalue weighted by Gasteiger charge is 2.26. The van der Waals surface area contributed by atoms with Gasteiger partial charge in [-0.2, -0.15) is 5.26 Å². The number of nitrogens with zero attached hydrogens (tertiary/aromatic N) is 2. The standard InChI is InChI=1S/C13H7BrClF2N3O2/c1-22-13(21)12-10(19)5(3-18)4-20(12)11-6(15)2-7(16)9(17)8(11)14/h2,4H,19H2,1H3. The van der Waals surface area contributed by atoms with E-state index in [2.05, 4.69) is 20.7 Å². The summed E-state index contributed by atoms with van der Waals surface area (Å²) < 4.78 is 32.5. The predicted molar refractivity (Wildman–Crippen MR) is 78.9 cm³/mol. The minimum atomic E-state index is -1.19. The van der Waals surface area contributed by atoms with Crippen LogP contribution in [0.25, 0.3) is 5.69 Å². The summed E-state index contributed by atoms with van der Waals surface area (Å²) in [5, 5.41) is 8.84. The molecule has 0 unspecified atom stereocenters. The van der Waals surface area contributed by atoms with Gasteiger partial charge in [-0.1, -0.05) is 11.6 Å². The van der Waals surface area contributed by atoms with Gasteiger partial charge >= 0.3 is 5.97 Å². The summed E-state index contributed by atoms with van der Waals surface area (Å²) in [6.07, 6.45) is 1.19. The normalized spacial score (nSPS) is 10.4. The summed E-state index contributed by atoms with van der Waals surface area (Å²) >= 11 is 8.82. The number of hydrogen-bond acceptors (Lipinski definition) is 4. The van der Waals surface area contributed by atoms with E-state index in [1.807, 2.05) is 0 Å². The summed E-state index contributed by atoms with van der Waals surface area (Å²) in [4.78, 5) is 11.9. The molecule has 1 aromatic carbocycles. The molecule has 0 saturated heterocycles. The molecule has 1 heterocycles. The SMILES string of the molecule is COC(=O)c1c(N)c(C#N)cn1-c1c(Cl)cc(F)c(F)c1Br. The topological polar surface area (TPSA) is 81.0 Å². The number of hydrogen-bond donors (Lipinski definition) is 1. The van der Waals surface area contributed by atoms with Crippen molar-refractivity contribution in [1.29, 1.82) is 5.26 Å². The van der Waals surface area contributed by atoms with E-state index < -0.39 is 17.6 Å². The Hall–Kier alpha value is -2.11. The first-order valence-electron chi connectivity index (χ1n) is 5.66. The monoisotopic (exact) mass is 389 g/mol. The fourth-order valence-electron chi connectivity index (χ4n) is 1.87. The molecule has 5 nitrogen and oxygen atoms in total. The third-order valence-electron chi connectivity index (χ3n) is 2.87. The van der Waals surface area contributed by atoms with Gasteiger partial charge in [-0.15, -0.1) is 0 Å². The Bertz CT molecular complexity index is 830. The van der Waals surface area contributed by atoms with Crippen molar-refractivity contribution >= 4 is 39.2 Å². The van der Waals surface area contributed by atoms with Crippen LogP contribution in [0.3, 0.4) is 0 Å². The second-order valence-electron chi connectivity index (χ2n) is 4.10. The van der Waals surface area contributed by atoms with E-state index in [9.17, 15) is 13.6 Å². The van der Waals surface area contributed by atoms with Crippen LogP contribution in [0.15, 0.2) is 16.7 Å². The van der Waals surface area contributed by atoms with Crippen molar-refractivity contribution in [3.63, 3.8) is 0 Å². The van der Waals surface area contributed by atoms with Crippen LogP contribution in [0.1, 0.15) is 16.1 Å². The van der Waals surface area contributed by atoms with E-state index in [-0.39, 0.29) is 32.1 Å². The molecule has 0 saturated carbocycles. The number of anilines is 1. The van der Waals surface area contributed by atoms with Gasteiger partial charge in [-0.25, -0.2) is 13.6 Å². The van der Waals surface area contributed by atoms with Crippen LogP contribution in [-0.4, -0.2) is 17.6 Å². The molecule has 0 atom stereocenters. The van der Waals surface area contributed by atoms with Gasteiger partial charge in [0.05, 0.1) is 33.5 Å². The summed E-state index contributed by atoms with van der Waals surface area (Å²) in [7, 11) is 1.12. The molecule has 0 bridgehead atoms. The molecular weight excluding hydrogens is 384 g/mol. The molecule has 0 amide bonds. The highest BCUT2D eigenvalue weighted by Crippen LogP contribution is 2.36. The van der Waals surface area contributed by atoms with Gasteiger partial charge in [0, 0.05) is 6.20 Å². The highest BCUT2D eigenvalue weighted by atomic mass is 79.9. The lowest BCUT2D eigenvalue weighted by molar-refractivity contribution is 0.0593. The van der Waals surface area contributed by atoms with Crippen molar-refractivity contribution in [3.05, 3.63) is 44.7 Å². The van der Waals surface area contributed by atoms with Crippen molar-refractivity contribution in [3.8, 4) is 11.8 Å². The lowest BCUT2D eigenvalue weighted by Gasteiger charge is -2.13. The molecule has 2 aromatic rings.